The van der Waals surface area contributed by atoms with Crippen LogP contribution in [0.5, 0.6) is 0 Å². The number of nitrogens with one attached hydrogen (secondary N) is 2. The number of carbonyl (C=O) groups is 1. The molecule has 0 radical (unpaired) electrons. The van der Waals surface area contributed by atoms with Crippen LogP contribution in [-0.2, 0) is 16.2 Å². The summed E-state index contributed by atoms with van der Waals surface area (Å²) in [5.41, 5.74) is -0.563. The predicted octanol–water partition coefficient (Wildman–Crippen LogP) is 2.88. The van der Waals surface area contributed by atoms with E-state index < -0.39 is 27.8 Å². The molecule has 2 aromatic rings. The predicted molar refractivity (Wildman–Crippen MR) is 89.4 cm³/mol. The molecule has 0 saturated heterocycles. The van der Waals surface area contributed by atoms with Gasteiger partial charge in [-0.1, -0.05) is 6.07 Å². The van der Waals surface area contributed by atoms with E-state index in [-0.39, 0.29) is 21.8 Å². The Labute approximate surface area is 148 Å². The molecule has 26 heavy (non-hydrogen) atoms. The fraction of sp³-hybridized carbons (Fsp3) is 0.250. The molecular formula is C16H16F3N3O3S. The Hall–Kier alpha value is -2.46. The largest absolute Gasteiger partial charge is 0.433 e. The first-order chi connectivity index (χ1) is 12.0. The number of hydrogen-bond acceptors (Lipinski definition) is 4. The first-order valence-electron chi connectivity index (χ1n) is 7.36. The molecule has 6 nitrogen and oxygen atoms in total. The van der Waals surface area contributed by atoms with Crippen molar-refractivity contribution in [3.8, 4) is 0 Å². The van der Waals surface area contributed by atoms with Crippen LogP contribution in [0.25, 0.3) is 0 Å². The smallest absolute Gasteiger partial charge is 0.322 e. The van der Waals surface area contributed by atoms with Crippen LogP contribution >= 0.6 is 0 Å². The van der Waals surface area contributed by atoms with Crippen LogP contribution in [-0.4, -0.2) is 26.4 Å². The molecule has 0 saturated carbocycles. The summed E-state index contributed by atoms with van der Waals surface area (Å²) in [6.07, 6.45) is -4.60. The third-order valence-electron chi connectivity index (χ3n) is 3.63. The van der Waals surface area contributed by atoms with Crippen molar-refractivity contribution < 1.29 is 26.4 Å². The van der Waals surface area contributed by atoms with Crippen LogP contribution in [0.2, 0.25) is 0 Å². The van der Waals surface area contributed by atoms with E-state index in [1.54, 1.807) is 6.92 Å². The summed E-state index contributed by atoms with van der Waals surface area (Å²) < 4.78 is 64.1. The van der Waals surface area contributed by atoms with Crippen LogP contribution in [0, 0.1) is 13.8 Å². The molecule has 0 atom stereocenters. The van der Waals surface area contributed by atoms with Crippen molar-refractivity contribution in [2.45, 2.75) is 24.9 Å². The molecule has 1 heterocycles. The molecule has 0 bridgehead atoms. The van der Waals surface area contributed by atoms with E-state index in [1.165, 1.54) is 32.2 Å². The number of sulfonamides is 1. The van der Waals surface area contributed by atoms with E-state index in [0.29, 0.717) is 11.6 Å². The summed E-state index contributed by atoms with van der Waals surface area (Å²) in [7, 11) is -2.46. The molecule has 0 unspecified atom stereocenters. The number of carbonyl (C=O) groups excluding carboxylic acids is 1. The van der Waals surface area contributed by atoms with Crippen LogP contribution in [0.4, 0.5) is 18.9 Å². The average molecular weight is 387 g/mol. The zero-order valence-corrected chi connectivity index (χ0v) is 14.9. The normalized spacial score (nSPS) is 12.1. The first-order valence-corrected chi connectivity index (χ1v) is 8.84. The molecule has 0 aliphatic heterocycles. The van der Waals surface area contributed by atoms with Crippen molar-refractivity contribution >= 4 is 21.6 Å². The number of amides is 1. The minimum atomic E-state index is -4.60. The Morgan fingerprint density at radius 2 is 1.77 bits per heavy atom. The monoisotopic (exact) mass is 387 g/mol. The number of hydrogen-bond donors (Lipinski definition) is 2. The highest BCUT2D eigenvalue weighted by Crippen LogP contribution is 2.28. The van der Waals surface area contributed by atoms with E-state index in [4.69, 9.17) is 0 Å². The minimum Gasteiger partial charge on any atom is -0.322 e. The Morgan fingerprint density at radius 1 is 1.12 bits per heavy atom. The van der Waals surface area contributed by atoms with Gasteiger partial charge in [0.25, 0.3) is 5.91 Å². The van der Waals surface area contributed by atoms with Gasteiger partial charge in [-0.05, 0) is 50.7 Å². The van der Waals surface area contributed by atoms with Gasteiger partial charge >= 0.3 is 6.18 Å². The summed E-state index contributed by atoms with van der Waals surface area (Å²) in [5.74, 6) is -0.694. The van der Waals surface area contributed by atoms with Gasteiger partial charge in [0, 0.05) is 5.69 Å². The molecule has 1 aromatic carbocycles. The third-order valence-corrected chi connectivity index (χ3v) is 5.18. The van der Waals surface area contributed by atoms with E-state index in [1.807, 2.05) is 0 Å². The fourth-order valence-electron chi connectivity index (χ4n) is 2.23. The molecule has 0 fully saturated rings. The molecule has 2 rings (SSSR count). The van der Waals surface area contributed by atoms with Crippen LogP contribution < -0.4 is 10.0 Å². The number of anilines is 1. The quantitative estimate of drug-likeness (QED) is 0.844. The lowest BCUT2D eigenvalue weighted by Crippen LogP contribution is -2.20. The molecule has 0 aliphatic carbocycles. The summed E-state index contributed by atoms with van der Waals surface area (Å²) in [6.45, 7) is 2.88. The number of rotatable bonds is 4. The lowest BCUT2D eigenvalue weighted by Gasteiger charge is -2.12. The van der Waals surface area contributed by atoms with Gasteiger partial charge in [-0.25, -0.2) is 18.1 Å². The highest BCUT2D eigenvalue weighted by molar-refractivity contribution is 7.89. The highest BCUT2D eigenvalue weighted by atomic mass is 32.2. The van der Waals surface area contributed by atoms with Crippen LogP contribution in [0.15, 0.2) is 35.2 Å². The fourth-order valence-corrected chi connectivity index (χ4v) is 3.23. The number of pyridine rings is 1. The van der Waals surface area contributed by atoms with Crippen molar-refractivity contribution in [2.75, 3.05) is 12.4 Å². The van der Waals surface area contributed by atoms with Gasteiger partial charge in [-0.15, -0.1) is 0 Å². The van der Waals surface area contributed by atoms with Gasteiger partial charge in [0.2, 0.25) is 10.0 Å². The lowest BCUT2D eigenvalue weighted by atomic mass is 10.1. The number of benzene rings is 1. The number of nitrogens with zero attached hydrogens (tertiary/aromatic N) is 1. The molecule has 140 valence electrons. The Bertz CT molecular complexity index is 957. The van der Waals surface area contributed by atoms with Crippen LogP contribution in [0.3, 0.4) is 0 Å². The second-order valence-electron chi connectivity index (χ2n) is 5.47. The second-order valence-corrected chi connectivity index (χ2v) is 7.32. The molecule has 0 aliphatic rings. The molecule has 0 spiro atoms. The molecule has 1 amide bonds. The van der Waals surface area contributed by atoms with Crippen molar-refractivity contribution in [3.63, 3.8) is 0 Å². The first kappa shape index (κ1) is 19.9. The average Bonchev–Trinajstić information content (AvgIpc) is 2.55. The third kappa shape index (κ3) is 4.20. The van der Waals surface area contributed by atoms with Gasteiger partial charge in [0.05, 0.1) is 16.2 Å². The Balaban J connectivity index is 2.33. The standard InChI is InChI=1S/C16H16F3N3O3S/c1-9-4-5-11(8-13(9)26(24,25)20-3)22-15(23)12-6-7-14(16(17,18)19)21-10(12)2/h4-8,20H,1-3H3,(H,22,23). The van der Waals surface area contributed by atoms with Crippen molar-refractivity contribution in [2.24, 2.45) is 0 Å². The van der Waals surface area contributed by atoms with Gasteiger partial charge < -0.3 is 5.32 Å². The summed E-state index contributed by atoms with van der Waals surface area (Å²) in [6, 6.07) is 6.02. The maximum absolute atomic E-state index is 12.6. The van der Waals surface area contributed by atoms with E-state index >= 15 is 0 Å². The second kappa shape index (κ2) is 7.04. The van der Waals surface area contributed by atoms with Crippen molar-refractivity contribution in [1.82, 2.24) is 9.71 Å². The molecule has 2 N–H and O–H groups in total. The van der Waals surface area contributed by atoms with E-state index in [2.05, 4.69) is 15.0 Å². The van der Waals surface area contributed by atoms with Crippen molar-refractivity contribution in [3.05, 3.63) is 52.8 Å². The van der Waals surface area contributed by atoms with Gasteiger partial charge in [-0.2, -0.15) is 13.2 Å². The zero-order valence-electron chi connectivity index (χ0n) is 14.1. The Kier molecular flexibility index (Phi) is 5.38. The van der Waals surface area contributed by atoms with Gasteiger partial charge in [0.15, 0.2) is 0 Å². The number of alkyl halides is 3. The lowest BCUT2D eigenvalue weighted by molar-refractivity contribution is -0.141. The van der Waals surface area contributed by atoms with E-state index in [0.717, 1.165) is 6.07 Å². The summed E-state index contributed by atoms with van der Waals surface area (Å²) in [4.78, 5) is 15.7. The van der Waals surface area contributed by atoms with Gasteiger partial charge in [0.1, 0.15) is 5.69 Å². The summed E-state index contributed by atoms with van der Waals surface area (Å²) >= 11 is 0. The summed E-state index contributed by atoms with van der Waals surface area (Å²) in [5, 5.41) is 2.47. The molecule has 10 heteroatoms. The highest BCUT2D eigenvalue weighted by Gasteiger charge is 2.33. The SMILES string of the molecule is CNS(=O)(=O)c1cc(NC(=O)c2ccc(C(F)(F)F)nc2C)ccc1C. The molecular weight excluding hydrogens is 371 g/mol. The number of halogens is 3. The zero-order chi connectivity index (χ0) is 19.7. The maximum Gasteiger partial charge on any atom is 0.433 e. The number of aryl methyl sites for hydroxylation is 2. The van der Waals surface area contributed by atoms with Crippen molar-refractivity contribution in [1.29, 1.82) is 0 Å². The van der Waals surface area contributed by atoms with Crippen LogP contribution in [0.1, 0.15) is 27.3 Å². The minimum absolute atomic E-state index is 0.0138. The number of aromatic nitrogens is 1. The van der Waals surface area contributed by atoms with Gasteiger partial charge in [-0.3, -0.25) is 4.79 Å². The molecule has 1 aromatic heterocycles. The topological polar surface area (TPSA) is 88.2 Å². The maximum atomic E-state index is 12.6. The van der Waals surface area contributed by atoms with E-state index in [9.17, 15) is 26.4 Å². The Morgan fingerprint density at radius 3 is 2.31 bits per heavy atom.